The van der Waals surface area contributed by atoms with E-state index in [-0.39, 0.29) is 11.8 Å². The van der Waals surface area contributed by atoms with Crippen LogP contribution in [0.1, 0.15) is 36.3 Å². The number of hydrogen-bond donors (Lipinski definition) is 2. The van der Waals surface area contributed by atoms with Crippen molar-refractivity contribution >= 4 is 45.5 Å². The Kier molecular flexibility index (Phi) is 8.22. The zero-order valence-electron chi connectivity index (χ0n) is 20.7. The number of aryl methyl sites for hydroxylation is 1. The van der Waals surface area contributed by atoms with E-state index >= 15 is 0 Å². The molecule has 2 amide bonds. The molecule has 8 heteroatoms. The van der Waals surface area contributed by atoms with Crippen molar-refractivity contribution in [2.45, 2.75) is 46.7 Å². The van der Waals surface area contributed by atoms with E-state index in [0.29, 0.717) is 29.9 Å². The number of carbonyl (C=O) groups is 2. The first-order chi connectivity index (χ1) is 16.8. The fraction of sp³-hybridized carbons (Fsp3) is 0.444. The quantitative estimate of drug-likeness (QED) is 0.473. The number of aromatic nitrogens is 1. The van der Waals surface area contributed by atoms with E-state index in [4.69, 9.17) is 11.6 Å². The van der Waals surface area contributed by atoms with Gasteiger partial charge in [0.1, 0.15) is 0 Å². The van der Waals surface area contributed by atoms with Crippen molar-refractivity contribution in [3.05, 3.63) is 51.5 Å². The summed E-state index contributed by atoms with van der Waals surface area (Å²) in [4.78, 5) is 30.7. The average Bonchev–Trinajstić information content (AvgIpc) is 3.42. The molecule has 1 aromatic carbocycles. The van der Waals surface area contributed by atoms with Gasteiger partial charge < -0.3 is 10.6 Å². The van der Waals surface area contributed by atoms with Crippen LogP contribution in [0.15, 0.2) is 30.5 Å². The van der Waals surface area contributed by atoms with E-state index in [1.807, 2.05) is 31.2 Å². The van der Waals surface area contributed by atoms with E-state index in [0.717, 1.165) is 57.8 Å². The van der Waals surface area contributed by atoms with E-state index in [2.05, 4.69) is 36.4 Å². The number of rotatable bonds is 5. The minimum atomic E-state index is -0.0746. The van der Waals surface area contributed by atoms with Gasteiger partial charge in [0.2, 0.25) is 12.3 Å². The second-order valence-electron chi connectivity index (χ2n) is 9.63. The van der Waals surface area contributed by atoms with Crippen LogP contribution in [0.4, 0.5) is 0 Å². The average molecular weight is 513 g/mol. The molecule has 3 heterocycles. The zero-order chi connectivity index (χ0) is 25.1. The normalized spacial score (nSPS) is 21.2. The molecule has 0 bridgehead atoms. The Morgan fingerprint density at radius 2 is 2.00 bits per heavy atom. The van der Waals surface area contributed by atoms with Crippen LogP contribution in [-0.2, 0) is 16.1 Å². The van der Waals surface area contributed by atoms with Gasteiger partial charge in [0.15, 0.2) is 0 Å². The number of thiophene rings is 1. The van der Waals surface area contributed by atoms with Gasteiger partial charge in [-0.25, -0.2) is 0 Å². The summed E-state index contributed by atoms with van der Waals surface area (Å²) in [5, 5.41) is 7.30. The molecular weight excluding hydrogens is 480 g/mol. The summed E-state index contributed by atoms with van der Waals surface area (Å²) in [5.41, 5.74) is 5.34. The van der Waals surface area contributed by atoms with Crippen molar-refractivity contribution in [3.63, 3.8) is 0 Å². The van der Waals surface area contributed by atoms with E-state index < -0.39 is 0 Å². The van der Waals surface area contributed by atoms with Crippen molar-refractivity contribution in [1.82, 2.24) is 20.5 Å². The second kappa shape index (κ2) is 11.2. The fourth-order valence-electron chi connectivity index (χ4n) is 4.38. The number of halogens is 1. The van der Waals surface area contributed by atoms with Crippen molar-refractivity contribution in [1.29, 1.82) is 0 Å². The third kappa shape index (κ3) is 6.09. The highest BCUT2D eigenvalue weighted by atomic mass is 35.5. The van der Waals surface area contributed by atoms with Crippen LogP contribution in [0.25, 0.3) is 21.3 Å². The number of amides is 2. The van der Waals surface area contributed by atoms with E-state index in [1.165, 1.54) is 10.5 Å². The van der Waals surface area contributed by atoms with Crippen molar-refractivity contribution in [2.75, 3.05) is 19.6 Å². The van der Waals surface area contributed by atoms with Crippen LogP contribution < -0.4 is 10.6 Å². The van der Waals surface area contributed by atoms with E-state index in [9.17, 15) is 9.59 Å². The number of hydrogen-bond acceptors (Lipinski definition) is 6. The standard InChI is InChI=1S/C22H21ClN2O2S.C5H12N2/c1-12-6-15(23)8-19(14(12)3)17-4-5-24-20-9-16(28-21(17)20)10-25(11-26)22(27)18-7-13(18)2;1-5-4-6-2-3-7-5/h4-6,8-9,11,13,18H,7,10H2,1-3H3;5-7H,2-4H2,1H3. The molecule has 0 radical (unpaired) electrons. The monoisotopic (exact) mass is 512 g/mol. The van der Waals surface area contributed by atoms with Crippen molar-refractivity contribution < 1.29 is 9.59 Å². The zero-order valence-corrected chi connectivity index (χ0v) is 22.3. The Balaban J connectivity index is 0.000000356. The van der Waals surface area contributed by atoms with Gasteiger partial charge in [-0.1, -0.05) is 18.5 Å². The maximum absolute atomic E-state index is 12.4. The molecule has 3 unspecified atom stereocenters. The lowest BCUT2D eigenvalue weighted by atomic mass is 9.97. The maximum atomic E-state index is 12.4. The molecule has 35 heavy (non-hydrogen) atoms. The Labute approximate surface area is 216 Å². The van der Waals surface area contributed by atoms with Gasteiger partial charge in [0, 0.05) is 53.3 Å². The maximum Gasteiger partial charge on any atom is 0.232 e. The van der Waals surface area contributed by atoms with Crippen LogP contribution in [0, 0.1) is 25.7 Å². The molecule has 6 nitrogen and oxygen atoms in total. The molecule has 0 spiro atoms. The number of benzene rings is 1. The summed E-state index contributed by atoms with van der Waals surface area (Å²) in [6, 6.07) is 8.58. The highest BCUT2D eigenvalue weighted by Crippen LogP contribution is 2.40. The van der Waals surface area contributed by atoms with Crippen LogP contribution >= 0.6 is 22.9 Å². The van der Waals surface area contributed by atoms with Crippen molar-refractivity contribution in [3.8, 4) is 11.1 Å². The predicted molar refractivity (Wildman–Crippen MR) is 144 cm³/mol. The van der Waals surface area contributed by atoms with Gasteiger partial charge in [-0.3, -0.25) is 19.5 Å². The van der Waals surface area contributed by atoms with E-state index in [1.54, 1.807) is 17.5 Å². The topological polar surface area (TPSA) is 74.3 Å². The molecule has 5 rings (SSSR count). The summed E-state index contributed by atoms with van der Waals surface area (Å²) in [7, 11) is 0. The van der Waals surface area contributed by atoms with Crippen LogP contribution in [-0.4, -0.2) is 47.9 Å². The molecule has 1 aliphatic heterocycles. The molecule has 186 valence electrons. The van der Waals surface area contributed by atoms with Gasteiger partial charge in [-0.15, -0.1) is 11.3 Å². The molecular formula is C27H33ClN4O2S. The summed E-state index contributed by atoms with van der Waals surface area (Å²) in [5.74, 6) is 0.291. The molecule has 3 aromatic rings. The largest absolute Gasteiger partial charge is 0.314 e. The Bertz CT molecular complexity index is 1220. The molecule has 1 aliphatic carbocycles. The lowest BCUT2D eigenvalue weighted by molar-refractivity contribution is -0.140. The fourth-order valence-corrected chi connectivity index (χ4v) is 5.80. The minimum absolute atomic E-state index is 0.00894. The molecule has 1 saturated heterocycles. The van der Waals surface area contributed by atoms with Gasteiger partial charge in [-0.05, 0) is 74.1 Å². The Hall–Kier alpha value is -2.32. The smallest absolute Gasteiger partial charge is 0.232 e. The van der Waals surface area contributed by atoms with Gasteiger partial charge in [-0.2, -0.15) is 0 Å². The van der Waals surface area contributed by atoms with Crippen LogP contribution in [0.5, 0.6) is 0 Å². The summed E-state index contributed by atoms with van der Waals surface area (Å²) >= 11 is 7.88. The number of nitrogens with zero attached hydrogens (tertiary/aromatic N) is 2. The second-order valence-corrected chi connectivity index (χ2v) is 11.2. The summed E-state index contributed by atoms with van der Waals surface area (Å²) < 4.78 is 1.04. The molecule has 2 fully saturated rings. The number of imide groups is 1. The molecule has 1 saturated carbocycles. The van der Waals surface area contributed by atoms with Crippen LogP contribution in [0.2, 0.25) is 5.02 Å². The Morgan fingerprint density at radius 3 is 2.60 bits per heavy atom. The Morgan fingerprint density at radius 1 is 1.23 bits per heavy atom. The highest BCUT2D eigenvalue weighted by molar-refractivity contribution is 7.19. The summed E-state index contributed by atoms with van der Waals surface area (Å²) in [6.45, 7) is 12.0. The minimum Gasteiger partial charge on any atom is -0.314 e. The number of pyridine rings is 1. The molecule has 2 aliphatic rings. The van der Waals surface area contributed by atoms with Gasteiger partial charge in [0.25, 0.3) is 0 Å². The van der Waals surface area contributed by atoms with Gasteiger partial charge >= 0.3 is 0 Å². The molecule has 2 N–H and O–H groups in total. The lowest BCUT2D eigenvalue weighted by Gasteiger charge is -2.19. The highest BCUT2D eigenvalue weighted by Gasteiger charge is 2.41. The predicted octanol–water partition coefficient (Wildman–Crippen LogP) is 4.94. The first-order valence-electron chi connectivity index (χ1n) is 12.1. The summed E-state index contributed by atoms with van der Waals surface area (Å²) in [6.07, 6.45) is 3.31. The number of piperazine rings is 1. The SMILES string of the molecule is CC1CNCCN1.Cc1cc(Cl)cc(-c2ccnc3cc(CN(C=O)C(=O)C4CC4C)sc23)c1C. The number of carbonyl (C=O) groups excluding carboxylic acids is 2. The first kappa shape index (κ1) is 25.8. The molecule has 3 atom stereocenters. The number of fused-ring (bicyclic) bond motifs is 1. The third-order valence-electron chi connectivity index (χ3n) is 6.79. The third-order valence-corrected chi connectivity index (χ3v) is 8.15. The lowest BCUT2D eigenvalue weighted by Crippen LogP contribution is -2.46. The first-order valence-corrected chi connectivity index (χ1v) is 13.3. The number of nitrogens with one attached hydrogen (secondary N) is 2. The van der Waals surface area contributed by atoms with Crippen molar-refractivity contribution in [2.24, 2.45) is 11.8 Å². The molecule has 2 aromatic heterocycles. The van der Waals surface area contributed by atoms with Gasteiger partial charge in [0.05, 0.1) is 16.8 Å². The van der Waals surface area contributed by atoms with Crippen LogP contribution in [0.3, 0.4) is 0 Å².